The third-order valence-electron chi connectivity index (χ3n) is 6.01. The van der Waals surface area contributed by atoms with Crippen LogP contribution in [0.2, 0.25) is 10.0 Å². The summed E-state index contributed by atoms with van der Waals surface area (Å²) in [4.78, 5) is 12.6. The number of phenolic OH excluding ortho intramolecular Hbond substituents is 1. The first-order valence-corrected chi connectivity index (χ1v) is 10.7. The lowest BCUT2D eigenvalue weighted by molar-refractivity contribution is 0.0939. The topological polar surface area (TPSA) is 61.4 Å². The highest BCUT2D eigenvalue weighted by molar-refractivity contribution is 6.35. The van der Waals surface area contributed by atoms with Crippen molar-refractivity contribution in [3.8, 4) is 5.75 Å². The molecular weight excluding hydrogens is 407 g/mol. The summed E-state index contributed by atoms with van der Waals surface area (Å²) in [6.45, 7) is 4.05. The van der Waals surface area contributed by atoms with Gasteiger partial charge in [-0.05, 0) is 61.6 Å². The van der Waals surface area contributed by atoms with Crippen LogP contribution in [0.4, 0.5) is 5.69 Å². The van der Waals surface area contributed by atoms with E-state index in [-0.39, 0.29) is 40.6 Å². The van der Waals surface area contributed by atoms with Crippen LogP contribution in [0.15, 0.2) is 42.5 Å². The molecule has 3 N–H and O–H groups in total. The molecular formula is C23H24Cl2N2O2. The molecule has 4 atom stereocenters. The number of rotatable bonds is 4. The number of hydrogen-bond acceptors (Lipinski definition) is 3. The number of amides is 1. The van der Waals surface area contributed by atoms with Gasteiger partial charge in [-0.15, -0.1) is 0 Å². The van der Waals surface area contributed by atoms with E-state index in [9.17, 15) is 9.90 Å². The zero-order valence-corrected chi connectivity index (χ0v) is 17.9. The molecule has 4 rings (SSSR count). The number of carbonyl (C=O) groups excluding carboxylic acids is 1. The molecule has 0 aromatic heterocycles. The van der Waals surface area contributed by atoms with Gasteiger partial charge in [0.25, 0.3) is 5.91 Å². The molecule has 1 aliphatic heterocycles. The van der Waals surface area contributed by atoms with Crippen molar-refractivity contribution in [3.63, 3.8) is 0 Å². The number of benzene rings is 2. The maximum absolute atomic E-state index is 12.6. The number of fused-ring (bicyclic) bond motifs is 3. The number of halogens is 2. The summed E-state index contributed by atoms with van der Waals surface area (Å²) in [5.41, 5.74) is 3.42. The van der Waals surface area contributed by atoms with Crippen molar-refractivity contribution >= 4 is 34.8 Å². The van der Waals surface area contributed by atoms with E-state index in [1.807, 2.05) is 32.0 Å². The normalized spacial score (nSPS) is 23.1. The molecule has 1 heterocycles. The Morgan fingerprint density at radius 2 is 2.07 bits per heavy atom. The number of aromatic hydroxyl groups is 1. The minimum Gasteiger partial charge on any atom is -0.506 e. The molecule has 0 spiro atoms. The van der Waals surface area contributed by atoms with Gasteiger partial charge < -0.3 is 15.7 Å². The summed E-state index contributed by atoms with van der Waals surface area (Å²) in [6.07, 6.45) is 6.11. The molecule has 0 fully saturated rings. The quantitative estimate of drug-likeness (QED) is 0.516. The number of hydrogen-bond donors (Lipinski definition) is 3. The molecule has 6 heteroatoms. The Hall–Kier alpha value is -2.17. The second-order valence-corrected chi connectivity index (χ2v) is 8.73. The zero-order chi connectivity index (χ0) is 20.7. The van der Waals surface area contributed by atoms with Crippen LogP contribution in [0.1, 0.15) is 60.1 Å². The summed E-state index contributed by atoms with van der Waals surface area (Å²) < 4.78 is 0. The van der Waals surface area contributed by atoms with Gasteiger partial charge in [-0.1, -0.05) is 42.3 Å². The van der Waals surface area contributed by atoms with Gasteiger partial charge in [0.15, 0.2) is 0 Å². The van der Waals surface area contributed by atoms with Crippen molar-refractivity contribution < 1.29 is 9.90 Å². The fourth-order valence-corrected chi connectivity index (χ4v) is 4.78. The molecule has 2 aliphatic rings. The highest BCUT2D eigenvalue weighted by atomic mass is 35.5. The van der Waals surface area contributed by atoms with E-state index in [1.165, 1.54) is 0 Å². The SMILES string of the molecule is CCC(C)NC(=O)c1ccc2c(c1)C1C=CCC1C(c1cc(Cl)cc(Cl)c1O)N2. The smallest absolute Gasteiger partial charge is 0.251 e. The standard InChI is InChI=1S/C23H24Cl2N2O2/c1-3-12(2)26-23(29)13-7-8-20-17(9-13)15-5-4-6-16(15)21(27-20)18-10-14(24)11-19(25)22(18)28/h4-5,7-12,15-16,21,27-28H,3,6H2,1-2H3,(H,26,29). The number of allylic oxidation sites excluding steroid dienone is 2. The average molecular weight is 431 g/mol. The Balaban J connectivity index is 1.71. The van der Waals surface area contributed by atoms with E-state index in [2.05, 4.69) is 22.8 Å². The van der Waals surface area contributed by atoms with E-state index in [4.69, 9.17) is 23.2 Å². The average Bonchev–Trinajstić information content (AvgIpc) is 3.19. The van der Waals surface area contributed by atoms with Crippen LogP contribution in [0.3, 0.4) is 0 Å². The van der Waals surface area contributed by atoms with Crippen LogP contribution < -0.4 is 10.6 Å². The maximum Gasteiger partial charge on any atom is 0.251 e. The molecule has 1 aliphatic carbocycles. The third kappa shape index (κ3) is 3.72. The Morgan fingerprint density at radius 1 is 1.28 bits per heavy atom. The Bertz CT molecular complexity index is 989. The Kier molecular flexibility index (Phi) is 5.50. The van der Waals surface area contributed by atoms with Crippen molar-refractivity contribution in [2.24, 2.45) is 5.92 Å². The van der Waals surface area contributed by atoms with Crippen LogP contribution in [-0.2, 0) is 0 Å². The van der Waals surface area contributed by atoms with Gasteiger partial charge in [-0.25, -0.2) is 0 Å². The van der Waals surface area contributed by atoms with Gasteiger partial charge in [0.1, 0.15) is 5.75 Å². The minimum absolute atomic E-state index is 0.0536. The van der Waals surface area contributed by atoms with E-state index in [0.29, 0.717) is 16.1 Å². The number of phenols is 1. The van der Waals surface area contributed by atoms with Gasteiger partial charge in [-0.2, -0.15) is 0 Å². The van der Waals surface area contributed by atoms with Crippen LogP contribution in [0, 0.1) is 5.92 Å². The molecule has 0 radical (unpaired) electrons. The highest BCUT2D eigenvalue weighted by Gasteiger charge is 2.39. The number of anilines is 1. The summed E-state index contributed by atoms with van der Waals surface area (Å²) in [6, 6.07) is 9.09. The van der Waals surface area contributed by atoms with E-state index >= 15 is 0 Å². The zero-order valence-electron chi connectivity index (χ0n) is 16.4. The molecule has 4 unspecified atom stereocenters. The largest absolute Gasteiger partial charge is 0.506 e. The van der Waals surface area contributed by atoms with Gasteiger partial charge in [0.05, 0.1) is 11.1 Å². The predicted molar refractivity (Wildman–Crippen MR) is 118 cm³/mol. The molecule has 2 aromatic rings. The molecule has 2 aromatic carbocycles. The third-order valence-corrected chi connectivity index (χ3v) is 6.51. The first-order valence-electron chi connectivity index (χ1n) is 9.95. The molecule has 152 valence electrons. The fourth-order valence-electron chi connectivity index (χ4n) is 4.28. The van der Waals surface area contributed by atoms with E-state index in [1.54, 1.807) is 12.1 Å². The van der Waals surface area contributed by atoms with Crippen LogP contribution >= 0.6 is 23.2 Å². The van der Waals surface area contributed by atoms with Crippen LogP contribution in [0.25, 0.3) is 0 Å². The van der Waals surface area contributed by atoms with Gasteiger partial charge >= 0.3 is 0 Å². The van der Waals surface area contributed by atoms with Crippen molar-refractivity contribution in [1.29, 1.82) is 0 Å². The summed E-state index contributed by atoms with van der Waals surface area (Å²) in [5, 5.41) is 17.9. The maximum atomic E-state index is 12.6. The Morgan fingerprint density at radius 3 is 2.83 bits per heavy atom. The summed E-state index contributed by atoms with van der Waals surface area (Å²) in [7, 11) is 0. The van der Waals surface area contributed by atoms with Crippen LogP contribution in [0.5, 0.6) is 5.75 Å². The minimum atomic E-state index is -0.126. The summed E-state index contributed by atoms with van der Waals surface area (Å²) >= 11 is 12.4. The summed E-state index contributed by atoms with van der Waals surface area (Å²) in [5.74, 6) is 0.370. The molecule has 0 bridgehead atoms. The lowest BCUT2D eigenvalue weighted by atomic mass is 9.76. The second kappa shape index (κ2) is 7.92. The second-order valence-electron chi connectivity index (χ2n) is 7.89. The molecule has 0 saturated carbocycles. The molecule has 0 saturated heterocycles. The van der Waals surface area contributed by atoms with Crippen molar-refractivity contribution in [2.45, 2.75) is 44.7 Å². The van der Waals surface area contributed by atoms with Crippen molar-refractivity contribution in [3.05, 3.63) is 69.2 Å². The van der Waals surface area contributed by atoms with Crippen molar-refractivity contribution in [2.75, 3.05) is 5.32 Å². The highest BCUT2D eigenvalue weighted by Crippen LogP contribution is 2.52. The first-order chi connectivity index (χ1) is 13.9. The first kappa shape index (κ1) is 20.1. The van der Waals surface area contributed by atoms with E-state index in [0.717, 1.165) is 24.1 Å². The lowest BCUT2D eigenvalue weighted by Crippen LogP contribution is -2.33. The molecule has 29 heavy (non-hydrogen) atoms. The fraction of sp³-hybridized carbons (Fsp3) is 0.348. The predicted octanol–water partition coefficient (Wildman–Crippen LogP) is 6.05. The Labute approximate surface area is 180 Å². The molecule has 1 amide bonds. The van der Waals surface area contributed by atoms with E-state index < -0.39 is 0 Å². The lowest BCUT2D eigenvalue weighted by Gasteiger charge is -2.38. The van der Waals surface area contributed by atoms with Gasteiger partial charge in [0, 0.05) is 33.8 Å². The van der Waals surface area contributed by atoms with Gasteiger partial charge in [-0.3, -0.25) is 4.79 Å². The molecule has 4 nitrogen and oxygen atoms in total. The van der Waals surface area contributed by atoms with Crippen molar-refractivity contribution in [1.82, 2.24) is 5.32 Å². The number of nitrogens with one attached hydrogen (secondary N) is 2. The monoisotopic (exact) mass is 430 g/mol. The number of carbonyl (C=O) groups is 1. The van der Waals surface area contributed by atoms with Crippen LogP contribution in [-0.4, -0.2) is 17.1 Å². The van der Waals surface area contributed by atoms with Gasteiger partial charge in [0.2, 0.25) is 0 Å².